The Hall–Kier alpha value is -3.48. The molecule has 0 aliphatic rings. The van der Waals surface area contributed by atoms with E-state index in [-0.39, 0.29) is 6.61 Å². The van der Waals surface area contributed by atoms with Crippen molar-refractivity contribution in [1.29, 1.82) is 0 Å². The van der Waals surface area contributed by atoms with E-state index in [2.05, 4.69) is 10.3 Å². The number of hydrogen-bond acceptors (Lipinski definition) is 7. The molecule has 1 aromatic heterocycles. The second-order valence-electron chi connectivity index (χ2n) is 5.84. The molecule has 0 unspecified atom stereocenters. The molecule has 0 radical (unpaired) electrons. The van der Waals surface area contributed by atoms with Gasteiger partial charge < -0.3 is 24.3 Å². The summed E-state index contributed by atoms with van der Waals surface area (Å²) in [6, 6.07) is 10.9. The van der Waals surface area contributed by atoms with Crippen molar-refractivity contribution in [2.24, 2.45) is 0 Å². The lowest BCUT2D eigenvalue weighted by Crippen LogP contribution is -2.09. The molecule has 0 atom stereocenters. The number of esters is 1. The molecule has 28 heavy (non-hydrogen) atoms. The topological polar surface area (TPSA) is 78.9 Å². The highest BCUT2D eigenvalue weighted by atomic mass is 16.5. The minimum atomic E-state index is -0.463. The van der Waals surface area contributed by atoms with Crippen LogP contribution >= 0.6 is 0 Å². The number of rotatable bonds is 7. The second kappa shape index (κ2) is 8.47. The second-order valence-corrected chi connectivity index (χ2v) is 5.84. The summed E-state index contributed by atoms with van der Waals surface area (Å²) >= 11 is 0. The van der Waals surface area contributed by atoms with Crippen molar-refractivity contribution < 1.29 is 23.7 Å². The van der Waals surface area contributed by atoms with Crippen LogP contribution in [0.2, 0.25) is 0 Å². The predicted octanol–water partition coefficient (Wildman–Crippen LogP) is 4.18. The third-order valence-corrected chi connectivity index (χ3v) is 4.24. The minimum absolute atomic E-state index is 0.264. The Balaban J connectivity index is 2.18. The number of nitrogens with zero attached hydrogens (tertiary/aromatic N) is 1. The van der Waals surface area contributed by atoms with Crippen molar-refractivity contribution in [3.63, 3.8) is 0 Å². The monoisotopic (exact) mass is 382 g/mol. The Kier molecular flexibility index (Phi) is 5.84. The summed E-state index contributed by atoms with van der Waals surface area (Å²) in [6.45, 7) is 2.02. The Morgan fingerprint density at radius 1 is 1.00 bits per heavy atom. The molecule has 0 amide bonds. The van der Waals surface area contributed by atoms with Crippen molar-refractivity contribution in [3.8, 4) is 17.2 Å². The van der Waals surface area contributed by atoms with Crippen molar-refractivity contribution in [1.82, 2.24) is 4.98 Å². The van der Waals surface area contributed by atoms with Gasteiger partial charge in [0.05, 0.1) is 44.8 Å². The third kappa shape index (κ3) is 3.78. The molecule has 7 nitrogen and oxygen atoms in total. The van der Waals surface area contributed by atoms with E-state index in [0.29, 0.717) is 39.7 Å². The largest absolute Gasteiger partial charge is 0.497 e. The Labute approximate surface area is 163 Å². The normalized spacial score (nSPS) is 10.4. The number of aromatic nitrogens is 1. The van der Waals surface area contributed by atoms with Crippen LogP contribution in [-0.4, -0.2) is 38.9 Å². The molecular formula is C21H22N2O5. The van der Waals surface area contributed by atoms with Crippen LogP contribution in [0, 0.1) is 0 Å². The third-order valence-electron chi connectivity index (χ3n) is 4.24. The molecular weight excluding hydrogens is 360 g/mol. The molecule has 3 aromatic rings. The molecule has 3 rings (SSSR count). The van der Waals surface area contributed by atoms with Crippen LogP contribution in [0.4, 0.5) is 11.4 Å². The van der Waals surface area contributed by atoms with E-state index in [9.17, 15) is 4.79 Å². The average Bonchev–Trinajstić information content (AvgIpc) is 2.73. The zero-order valence-corrected chi connectivity index (χ0v) is 16.2. The van der Waals surface area contributed by atoms with Gasteiger partial charge in [-0.1, -0.05) is 0 Å². The van der Waals surface area contributed by atoms with Gasteiger partial charge in [0.25, 0.3) is 0 Å². The molecule has 0 spiro atoms. The summed E-state index contributed by atoms with van der Waals surface area (Å²) in [5.74, 6) is 1.42. The first-order valence-corrected chi connectivity index (χ1v) is 8.74. The number of fused-ring (bicyclic) bond motifs is 1. The zero-order valence-electron chi connectivity index (χ0n) is 16.2. The van der Waals surface area contributed by atoms with Gasteiger partial charge >= 0.3 is 5.97 Å². The number of benzene rings is 2. The highest BCUT2D eigenvalue weighted by molar-refractivity contribution is 6.06. The fraction of sp³-hybridized carbons (Fsp3) is 0.238. The lowest BCUT2D eigenvalue weighted by atomic mass is 10.1. The minimum Gasteiger partial charge on any atom is -0.497 e. The lowest BCUT2D eigenvalue weighted by Gasteiger charge is -2.17. The maximum absolute atomic E-state index is 12.5. The molecule has 1 N–H and O–H groups in total. The van der Waals surface area contributed by atoms with Gasteiger partial charge in [0, 0.05) is 17.6 Å². The van der Waals surface area contributed by atoms with E-state index in [1.807, 2.05) is 24.3 Å². The van der Waals surface area contributed by atoms with Crippen LogP contribution in [0.5, 0.6) is 17.2 Å². The Bertz CT molecular complexity index is 1000. The van der Waals surface area contributed by atoms with Gasteiger partial charge in [0.2, 0.25) is 0 Å². The molecule has 7 heteroatoms. The first-order valence-electron chi connectivity index (χ1n) is 8.74. The van der Waals surface area contributed by atoms with E-state index < -0.39 is 5.97 Å². The zero-order chi connectivity index (χ0) is 20.1. The van der Waals surface area contributed by atoms with Gasteiger partial charge in [-0.15, -0.1) is 0 Å². The van der Waals surface area contributed by atoms with Crippen molar-refractivity contribution in [2.45, 2.75) is 6.92 Å². The first kappa shape index (κ1) is 19.3. The van der Waals surface area contributed by atoms with Crippen LogP contribution in [0.25, 0.3) is 10.9 Å². The van der Waals surface area contributed by atoms with Crippen LogP contribution < -0.4 is 19.5 Å². The Morgan fingerprint density at radius 3 is 2.39 bits per heavy atom. The number of carbonyl (C=O) groups excluding carboxylic acids is 1. The summed E-state index contributed by atoms with van der Waals surface area (Å²) in [4.78, 5) is 16.9. The number of nitrogens with one attached hydrogen (secondary N) is 1. The maximum Gasteiger partial charge on any atom is 0.341 e. The molecule has 0 aliphatic carbocycles. The smallest absolute Gasteiger partial charge is 0.341 e. The van der Waals surface area contributed by atoms with Crippen LogP contribution in [0.1, 0.15) is 17.3 Å². The van der Waals surface area contributed by atoms with Crippen LogP contribution in [0.3, 0.4) is 0 Å². The van der Waals surface area contributed by atoms with E-state index in [4.69, 9.17) is 18.9 Å². The van der Waals surface area contributed by atoms with Gasteiger partial charge in [0.1, 0.15) is 22.8 Å². The van der Waals surface area contributed by atoms with Gasteiger partial charge in [-0.05, 0) is 37.3 Å². The summed E-state index contributed by atoms with van der Waals surface area (Å²) < 4.78 is 21.3. The van der Waals surface area contributed by atoms with Gasteiger partial charge in [-0.2, -0.15) is 0 Å². The van der Waals surface area contributed by atoms with Crippen molar-refractivity contribution in [2.75, 3.05) is 33.3 Å². The molecule has 0 saturated heterocycles. The molecule has 2 aromatic carbocycles. The fourth-order valence-corrected chi connectivity index (χ4v) is 2.83. The predicted molar refractivity (Wildman–Crippen MR) is 107 cm³/mol. The van der Waals surface area contributed by atoms with E-state index in [1.54, 1.807) is 40.4 Å². The van der Waals surface area contributed by atoms with Gasteiger partial charge in [-0.25, -0.2) is 4.79 Å². The first-order chi connectivity index (χ1) is 13.6. The fourth-order valence-electron chi connectivity index (χ4n) is 2.83. The van der Waals surface area contributed by atoms with Crippen LogP contribution in [0.15, 0.2) is 42.6 Å². The van der Waals surface area contributed by atoms with E-state index >= 15 is 0 Å². The summed E-state index contributed by atoms with van der Waals surface area (Å²) in [6.07, 6.45) is 1.51. The maximum atomic E-state index is 12.5. The standard InChI is InChI=1S/C21H22N2O5/c1-5-28-21(24)16-12-22-17-8-6-13(25-2)10-15(17)20(16)23-18-9-7-14(26-3)11-19(18)27-4/h6-12H,5H2,1-4H3,(H,22,23). The number of ether oxygens (including phenoxy) is 4. The lowest BCUT2D eigenvalue weighted by molar-refractivity contribution is 0.0527. The molecule has 0 saturated carbocycles. The van der Waals surface area contributed by atoms with Gasteiger partial charge in [0.15, 0.2) is 0 Å². The molecule has 0 aliphatic heterocycles. The number of anilines is 2. The summed E-state index contributed by atoms with van der Waals surface area (Å²) in [5, 5.41) is 4.02. The van der Waals surface area contributed by atoms with E-state index in [1.165, 1.54) is 6.20 Å². The molecule has 146 valence electrons. The number of pyridine rings is 1. The quantitative estimate of drug-likeness (QED) is 0.614. The molecule has 0 bridgehead atoms. The molecule has 1 heterocycles. The highest BCUT2D eigenvalue weighted by Gasteiger charge is 2.19. The average molecular weight is 382 g/mol. The highest BCUT2D eigenvalue weighted by Crippen LogP contribution is 2.36. The van der Waals surface area contributed by atoms with E-state index in [0.717, 1.165) is 5.39 Å². The Morgan fingerprint density at radius 2 is 1.71 bits per heavy atom. The summed E-state index contributed by atoms with van der Waals surface area (Å²) in [7, 11) is 4.74. The van der Waals surface area contributed by atoms with Crippen molar-refractivity contribution in [3.05, 3.63) is 48.2 Å². The number of hydrogen-bond donors (Lipinski definition) is 1. The molecule has 0 fully saturated rings. The van der Waals surface area contributed by atoms with Gasteiger partial charge in [-0.3, -0.25) is 4.98 Å². The SMILES string of the molecule is CCOC(=O)c1cnc2ccc(OC)cc2c1Nc1ccc(OC)cc1OC. The van der Waals surface area contributed by atoms with Crippen molar-refractivity contribution >= 4 is 28.2 Å². The number of carbonyl (C=O) groups is 1. The summed E-state index contributed by atoms with van der Waals surface area (Å²) in [5.41, 5.74) is 2.26. The number of methoxy groups -OCH3 is 3. The van der Waals surface area contributed by atoms with Crippen LogP contribution in [-0.2, 0) is 4.74 Å².